The Morgan fingerprint density at radius 1 is 0.211 bits per heavy atom. The zero-order chi connectivity index (χ0) is 47.9. The van der Waals surface area contributed by atoms with Crippen molar-refractivity contribution < 1.29 is 0 Å². The number of nitrogens with zero attached hydrogens (tertiary/aromatic N) is 3. The van der Waals surface area contributed by atoms with Crippen LogP contribution in [0, 0.1) is 34.6 Å². The van der Waals surface area contributed by atoms with Gasteiger partial charge in [0.1, 0.15) is 0 Å². The van der Waals surface area contributed by atoms with E-state index >= 15 is 0 Å². The fourth-order valence-corrected chi connectivity index (χ4v) is 13.7. The molecule has 0 amide bonds. The molecule has 71 heavy (non-hydrogen) atoms. The number of benzene rings is 10. The van der Waals surface area contributed by atoms with Crippen LogP contribution in [0.4, 0.5) is 51.2 Å². The zero-order valence-corrected chi connectivity index (χ0v) is 42.6. The topological polar surface area (TPSA) is 9.72 Å². The SMILES string of the molecule is Cc1cccc(N(c2cccc(C)c2)c2ccc3sc4ccc(N(c5cccc(C)c5)c5ccc6sc7ccc(N(c8cccc(C)c8)c8ccc9sc%10ccc(C)cc%10c9c8)cc7c6c5)cc4c3c2)c1. The van der Waals surface area contributed by atoms with Crippen molar-refractivity contribution >= 4 is 146 Å². The van der Waals surface area contributed by atoms with Crippen LogP contribution in [0.15, 0.2) is 206 Å². The van der Waals surface area contributed by atoms with Crippen LogP contribution >= 0.6 is 34.0 Å². The molecule has 0 saturated heterocycles. The van der Waals surface area contributed by atoms with Crippen molar-refractivity contribution in [3.05, 3.63) is 234 Å². The Balaban J connectivity index is 0.954. The Morgan fingerprint density at radius 2 is 0.423 bits per heavy atom. The van der Waals surface area contributed by atoms with E-state index in [1.54, 1.807) is 0 Å². The first-order valence-electron chi connectivity index (χ1n) is 24.2. The van der Waals surface area contributed by atoms with Gasteiger partial charge < -0.3 is 14.7 Å². The second kappa shape index (κ2) is 17.3. The fraction of sp³-hybridized carbons (Fsp3) is 0.0769. The number of hydrogen-bond acceptors (Lipinski definition) is 6. The van der Waals surface area contributed by atoms with Crippen molar-refractivity contribution in [3.8, 4) is 0 Å². The van der Waals surface area contributed by atoms with Crippen LogP contribution in [0.1, 0.15) is 27.8 Å². The third kappa shape index (κ3) is 7.80. The molecule has 0 bridgehead atoms. The van der Waals surface area contributed by atoms with E-state index in [4.69, 9.17) is 0 Å². The number of aryl methyl sites for hydroxylation is 5. The van der Waals surface area contributed by atoms with Gasteiger partial charge in [0.05, 0.1) is 0 Å². The number of hydrogen-bond donors (Lipinski definition) is 0. The third-order valence-electron chi connectivity index (χ3n) is 13.8. The van der Waals surface area contributed by atoms with Gasteiger partial charge >= 0.3 is 0 Å². The van der Waals surface area contributed by atoms with E-state index in [1.165, 1.54) is 88.3 Å². The van der Waals surface area contributed by atoms with E-state index in [0.29, 0.717) is 0 Å². The number of anilines is 9. The van der Waals surface area contributed by atoms with Crippen LogP contribution in [0.3, 0.4) is 0 Å². The van der Waals surface area contributed by atoms with Crippen LogP contribution < -0.4 is 14.7 Å². The molecule has 0 fully saturated rings. The molecule has 13 rings (SSSR count). The van der Waals surface area contributed by atoms with Gasteiger partial charge in [0.25, 0.3) is 0 Å². The summed E-state index contributed by atoms with van der Waals surface area (Å²) in [5, 5.41) is 7.63. The van der Waals surface area contributed by atoms with Gasteiger partial charge in [0, 0.05) is 112 Å². The van der Waals surface area contributed by atoms with Gasteiger partial charge in [-0.25, -0.2) is 0 Å². The van der Waals surface area contributed by atoms with Crippen molar-refractivity contribution in [3.63, 3.8) is 0 Å². The smallest absolute Gasteiger partial charge is 0.0468 e. The van der Waals surface area contributed by atoms with Gasteiger partial charge in [-0.05, 0) is 209 Å². The maximum Gasteiger partial charge on any atom is 0.0468 e. The molecule has 342 valence electrons. The van der Waals surface area contributed by atoms with E-state index in [0.717, 1.165) is 51.2 Å². The van der Waals surface area contributed by atoms with Gasteiger partial charge in [-0.2, -0.15) is 0 Å². The summed E-state index contributed by atoms with van der Waals surface area (Å²) in [6.07, 6.45) is 0. The molecule has 13 aromatic rings. The van der Waals surface area contributed by atoms with Crippen molar-refractivity contribution in [1.29, 1.82) is 0 Å². The quantitative estimate of drug-likeness (QED) is 0.143. The lowest BCUT2D eigenvalue weighted by Crippen LogP contribution is -2.10. The van der Waals surface area contributed by atoms with E-state index in [1.807, 2.05) is 34.0 Å². The summed E-state index contributed by atoms with van der Waals surface area (Å²) in [7, 11) is 0. The predicted molar refractivity (Wildman–Crippen MR) is 313 cm³/mol. The highest BCUT2D eigenvalue weighted by molar-refractivity contribution is 7.26. The molecule has 0 unspecified atom stereocenters. The maximum absolute atomic E-state index is 2.44. The molecule has 0 atom stereocenters. The number of fused-ring (bicyclic) bond motifs is 9. The first kappa shape index (κ1) is 43.3. The maximum atomic E-state index is 2.44. The first-order chi connectivity index (χ1) is 34.7. The van der Waals surface area contributed by atoms with E-state index < -0.39 is 0 Å². The van der Waals surface area contributed by atoms with Crippen LogP contribution in [0.5, 0.6) is 0 Å². The Labute approximate surface area is 426 Å². The summed E-state index contributed by atoms with van der Waals surface area (Å²) in [4.78, 5) is 7.27. The molecule has 3 aromatic heterocycles. The molecule has 0 spiro atoms. The molecule has 0 radical (unpaired) electrons. The molecular weight excluding hydrogens is 919 g/mol. The minimum atomic E-state index is 1.12. The number of thiophene rings is 3. The lowest BCUT2D eigenvalue weighted by Gasteiger charge is -2.27. The minimum Gasteiger partial charge on any atom is -0.310 e. The summed E-state index contributed by atoms with van der Waals surface area (Å²) in [6.45, 7) is 10.9. The molecule has 3 heterocycles. The van der Waals surface area contributed by atoms with Crippen LogP contribution in [-0.2, 0) is 0 Å². The third-order valence-corrected chi connectivity index (χ3v) is 17.3. The Bertz CT molecular complexity index is 4180. The summed E-state index contributed by atoms with van der Waals surface area (Å²) in [6, 6.07) is 77.3. The Hall–Kier alpha value is -7.74. The second-order valence-corrected chi connectivity index (χ2v) is 22.3. The van der Waals surface area contributed by atoms with Crippen LogP contribution in [0.25, 0.3) is 60.5 Å². The molecule has 10 aromatic carbocycles. The van der Waals surface area contributed by atoms with Crippen molar-refractivity contribution in [1.82, 2.24) is 0 Å². The van der Waals surface area contributed by atoms with Crippen molar-refractivity contribution in [2.24, 2.45) is 0 Å². The summed E-state index contributed by atoms with van der Waals surface area (Å²) in [5.41, 5.74) is 16.4. The fourth-order valence-electron chi connectivity index (χ4n) is 10.5. The second-order valence-electron chi connectivity index (χ2n) is 19.1. The lowest BCUT2D eigenvalue weighted by molar-refractivity contribution is 1.26. The predicted octanol–water partition coefficient (Wildman–Crippen LogP) is 20.7. The van der Waals surface area contributed by atoms with Crippen molar-refractivity contribution in [2.45, 2.75) is 34.6 Å². The van der Waals surface area contributed by atoms with Gasteiger partial charge in [0.15, 0.2) is 0 Å². The van der Waals surface area contributed by atoms with E-state index in [-0.39, 0.29) is 0 Å². The summed E-state index contributed by atoms with van der Waals surface area (Å²) in [5.74, 6) is 0. The summed E-state index contributed by atoms with van der Waals surface area (Å²) < 4.78 is 7.72. The largest absolute Gasteiger partial charge is 0.310 e. The first-order valence-corrected chi connectivity index (χ1v) is 26.7. The average molecular weight is 968 g/mol. The molecule has 0 aliphatic carbocycles. The van der Waals surface area contributed by atoms with Gasteiger partial charge in [0.2, 0.25) is 0 Å². The van der Waals surface area contributed by atoms with Crippen molar-refractivity contribution in [2.75, 3.05) is 14.7 Å². The van der Waals surface area contributed by atoms with Crippen LogP contribution in [-0.4, -0.2) is 0 Å². The lowest BCUT2D eigenvalue weighted by atomic mass is 10.1. The monoisotopic (exact) mass is 967 g/mol. The molecule has 0 aliphatic heterocycles. The van der Waals surface area contributed by atoms with E-state index in [9.17, 15) is 0 Å². The molecule has 0 saturated carbocycles. The normalized spacial score (nSPS) is 11.7. The molecule has 0 aliphatic rings. The molecule has 6 heteroatoms. The standard InChI is InChI=1S/C65H49N3S3/c1-40-10-6-14-45(30-40)66(46-15-7-11-41(2)31-46)49-19-26-62-56(36-49)57-38-52(22-28-63(57)70-62)68(48-17-9-13-43(4)33-48)53-23-29-65-59(39-53)58-37-51(21-27-64(58)71-65)67(47-16-8-12-42(3)32-47)50-20-25-61-55(35-50)54-34-44(5)18-24-60(54)69-61/h6-39H,1-5H3. The average Bonchev–Trinajstić information content (AvgIpc) is 4.05. The summed E-state index contributed by atoms with van der Waals surface area (Å²) >= 11 is 5.60. The zero-order valence-electron chi connectivity index (χ0n) is 40.2. The highest BCUT2D eigenvalue weighted by atomic mass is 32.1. The Kier molecular flexibility index (Phi) is 10.5. The van der Waals surface area contributed by atoms with Gasteiger partial charge in [-0.1, -0.05) is 60.2 Å². The molecule has 3 nitrogen and oxygen atoms in total. The van der Waals surface area contributed by atoms with Gasteiger partial charge in [-0.15, -0.1) is 34.0 Å². The highest BCUT2D eigenvalue weighted by Crippen LogP contribution is 2.47. The minimum absolute atomic E-state index is 1.12. The number of rotatable bonds is 9. The molecular formula is C65H49N3S3. The van der Waals surface area contributed by atoms with E-state index in [2.05, 4.69) is 256 Å². The van der Waals surface area contributed by atoms with Gasteiger partial charge in [-0.3, -0.25) is 0 Å². The van der Waals surface area contributed by atoms with Crippen LogP contribution in [0.2, 0.25) is 0 Å². The Morgan fingerprint density at radius 3 is 0.676 bits per heavy atom. The highest BCUT2D eigenvalue weighted by Gasteiger charge is 2.21. The molecule has 0 N–H and O–H groups in total.